The fourth-order valence-electron chi connectivity index (χ4n) is 2.61. The van der Waals surface area contributed by atoms with E-state index in [9.17, 15) is 13.2 Å². The first-order chi connectivity index (χ1) is 14.1. The number of carbonyl (C=O) groups excluding carboxylic acids is 1. The van der Waals surface area contributed by atoms with Crippen molar-refractivity contribution in [2.24, 2.45) is 10.7 Å². The molecule has 3 heterocycles. The molecule has 0 aromatic carbocycles. The van der Waals surface area contributed by atoms with Crippen molar-refractivity contribution in [3.05, 3.63) is 34.4 Å². The molecule has 1 aliphatic heterocycles. The van der Waals surface area contributed by atoms with Crippen LogP contribution in [0.25, 0.3) is 0 Å². The highest BCUT2D eigenvalue weighted by atomic mass is 32.2. The van der Waals surface area contributed by atoms with Crippen LogP contribution in [0.15, 0.2) is 28.7 Å². The Labute approximate surface area is 178 Å². The minimum atomic E-state index is -3.61. The number of amides is 1. The molecule has 0 saturated heterocycles. The van der Waals surface area contributed by atoms with Crippen LogP contribution >= 0.6 is 11.3 Å². The minimum Gasteiger partial charge on any atom is -0.479 e. The number of hydrogen-bond donors (Lipinski definition) is 2. The zero-order valence-corrected chi connectivity index (χ0v) is 18.2. The van der Waals surface area contributed by atoms with E-state index >= 15 is 0 Å². The van der Waals surface area contributed by atoms with Gasteiger partial charge in [-0.15, -0.1) is 17.3 Å². The van der Waals surface area contributed by atoms with Crippen molar-refractivity contribution in [2.75, 3.05) is 24.7 Å². The van der Waals surface area contributed by atoms with E-state index in [4.69, 9.17) is 10.5 Å². The average molecular weight is 449 g/mol. The summed E-state index contributed by atoms with van der Waals surface area (Å²) in [6.45, 7) is 3.59. The van der Waals surface area contributed by atoms with Gasteiger partial charge in [0.15, 0.2) is 0 Å². The fraction of sp³-hybridized carbons (Fsp3) is 0.333. The zero-order chi connectivity index (χ0) is 21.9. The van der Waals surface area contributed by atoms with Crippen molar-refractivity contribution in [3.8, 4) is 17.6 Å². The third-order valence-electron chi connectivity index (χ3n) is 4.23. The first kappa shape index (κ1) is 21.5. The molecule has 30 heavy (non-hydrogen) atoms. The van der Waals surface area contributed by atoms with Crippen LogP contribution in [0.3, 0.4) is 0 Å². The largest absolute Gasteiger partial charge is 0.479 e. The van der Waals surface area contributed by atoms with Crippen molar-refractivity contribution < 1.29 is 17.9 Å². The summed E-state index contributed by atoms with van der Waals surface area (Å²) in [6.07, 6.45) is 1.43. The van der Waals surface area contributed by atoms with Gasteiger partial charge in [-0.3, -0.25) is 4.79 Å². The highest BCUT2D eigenvalue weighted by molar-refractivity contribution is 7.89. The Balaban J connectivity index is 1.72. The standard InChI is InChI=1S/C18H20N6O4S2/c1-4-5-8-28-12-6-7-13(20-9-12)15(25)21-14-10-29-16(22-14)18(2)11-30(26,27)24(3)17(19)23-18/h6-7,9-10H,8,11H2,1-3H3,(H2,19,23)(H,21,25)/t18-/m0/s1. The molecule has 0 bridgehead atoms. The molecule has 1 aliphatic rings. The van der Waals surface area contributed by atoms with Crippen molar-refractivity contribution >= 4 is 39.0 Å². The fourth-order valence-corrected chi connectivity index (χ4v) is 4.99. The lowest BCUT2D eigenvalue weighted by Crippen LogP contribution is -2.50. The van der Waals surface area contributed by atoms with E-state index < -0.39 is 21.5 Å². The molecule has 0 spiro atoms. The number of thiazole rings is 1. The van der Waals surface area contributed by atoms with Crippen LogP contribution in [0, 0.1) is 11.8 Å². The quantitative estimate of drug-likeness (QED) is 0.650. The van der Waals surface area contributed by atoms with Gasteiger partial charge in [-0.05, 0) is 26.0 Å². The van der Waals surface area contributed by atoms with Gasteiger partial charge in [-0.1, -0.05) is 5.92 Å². The van der Waals surface area contributed by atoms with E-state index in [0.717, 1.165) is 4.31 Å². The lowest BCUT2D eigenvalue weighted by molar-refractivity contribution is 0.102. The summed E-state index contributed by atoms with van der Waals surface area (Å²) >= 11 is 1.19. The summed E-state index contributed by atoms with van der Waals surface area (Å²) in [6, 6.07) is 3.14. The molecule has 2 aromatic heterocycles. The van der Waals surface area contributed by atoms with Crippen molar-refractivity contribution in [3.63, 3.8) is 0 Å². The molecule has 1 amide bonds. The van der Waals surface area contributed by atoms with Gasteiger partial charge < -0.3 is 15.8 Å². The third kappa shape index (κ3) is 4.52. The Bertz CT molecular complexity index is 1150. The topological polar surface area (TPSA) is 140 Å². The van der Waals surface area contributed by atoms with E-state index in [-0.39, 0.29) is 29.8 Å². The SMILES string of the molecule is CC#CCOc1ccc(C(=O)Nc2csc([C@]3(C)CS(=O)(=O)N(C)C(N)=N3)n2)nc1. The first-order valence-corrected chi connectivity index (χ1v) is 11.2. The second-order valence-electron chi connectivity index (χ2n) is 6.55. The number of carbonyl (C=O) groups is 1. The maximum Gasteiger partial charge on any atom is 0.275 e. The lowest BCUT2D eigenvalue weighted by atomic mass is 10.1. The van der Waals surface area contributed by atoms with Gasteiger partial charge in [-0.2, -0.15) is 0 Å². The number of sulfonamides is 1. The smallest absolute Gasteiger partial charge is 0.275 e. The van der Waals surface area contributed by atoms with Gasteiger partial charge >= 0.3 is 0 Å². The molecule has 0 aliphatic carbocycles. The number of hydrogen-bond acceptors (Lipinski definition) is 9. The molecule has 2 aromatic rings. The van der Waals surface area contributed by atoms with E-state index in [1.54, 1.807) is 25.3 Å². The molecular formula is C18H20N6O4S2. The monoisotopic (exact) mass is 448 g/mol. The van der Waals surface area contributed by atoms with Gasteiger partial charge in [0.2, 0.25) is 16.0 Å². The predicted molar refractivity (Wildman–Crippen MR) is 114 cm³/mol. The summed E-state index contributed by atoms with van der Waals surface area (Å²) in [4.78, 5) is 25.1. The second-order valence-corrected chi connectivity index (χ2v) is 9.41. The van der Waals surface area contributed by atoms with Crippen LogP contribution in [-0.2, 0) is 15.6 Å². The molecule has 10 nitrogen and oxygen atoms in total. The van der Waals surface area contributed by atoms with Gasteiger partial charge in [0, 0.05) is 12.4 Å². The van der Waals surface area contributed by atoms with Crippen molar-refractivity contribution in [2.45, 2.75) is 19.4 Å². The maximum atomic E-state index is 12.4. The Morgan fingerprint density at radius 3 is 2.87 bits per heavy atom. The second kappa shape index (κ2) is 8.29. The van der Waals surface area contributed by atoms with E-state index in [2.05, 4.69) is 32.1 Å². The highest BCUT2D eigenvalue weighted by Gasteiger charge is 2.42. The maximum absolute atomic E-state index is 12.4. The molecule has 0 fully saturated rings. The molecule has 3 rings (SSSR count). The molecular weight excluding hydrogens is 428 g/mol. The number of rotatable bonds is 5. The van der Waals surface area contributed by atoms with Crippen LogP contribution in [0.5, 0.6) is 5.75 Å². The van der Waals surface area contributed by atoms with E-state index in [0.29, 0.717) is 10.8 Å². The van der Waals surface area contributed by atoms with Crippen molar-refractivity contribution in [1.82, 2.24) is 14.3 Å². The summed E-state index contributed by atoms with van der Waals surface area (Å²) in [7, 11) is -2.26. The first-order valence-electron chi connectivity index (χ1n) is 8.72. The number of anilines is 1. The van der Waals surface area contributed by atoms with E-state index in [1.165, 1.54) is 30.6 Å². The Hall–Kier alpha value is -3.17. The minimum absolute atomic E-state index is 0.110. The molecule has 3 N–H and O–H groups in total. The average Bonchev–Trinajstić information content (AvgIpc) is 3.16. The van der Waals surface area contributed by atoms with Crippen LogP contribution in [-0.4, -0.2) is 54.0 Å². The number of nitrogens with zero attached hydrogens (tertiary/aromatic N) is 4. The normalized spacial score (nSPS) is 20.0. The van der Waals surface area contributed by atoms with Crippen LogP contribution in [0.4, 0.5) is 5.82 Å². The Morgan fingerprint density at radius 1 is 1.47 bits per heavy atom. The highest BCUT2D eigenvalue weighted by Crippen LogP contribution is 2.34. The van der Waals surface area contributed by atoms with Gasteiger partial charge in [0.25, 0.3) is 5.91 Å². The number of guanidine groups is 1. The number of aromatic nitrogens is 2. The summed E-state index contributed by atoms with van der Waals surface area (Å²) in [5.41, 5.74) is 4.80. The molecule has 1 atom stereocenters. The summed E-state index contributed by atoms with van der Waals surface area (Å²) in [5, 5.41) is 4.67. The number of ether oxygens (including phenoxy) is 1. The predicted octanol–water partition coefficient (Wildman–Crippen LogP) is 0.998. The number of nitrogens with two attached hydrogens (primary N) is 1. The lowest BCUT2D eigenvalue weighted by Gasteiger charge is -2.32. The number of aliphatic imine (C=N–C) groups is 1. The number of nitrogens with one attached hydrogen (secondary N) is 1. The summed E-state index contributed by atoms with van der Waals surface area (Å²) in [5.74, 6) is 5.40. The van der Waals surface area contributed by atoms with Crippen LogP contribution < -0.4 is 15.8 Å². The molecule has 158 valence electrons. The Kier molecular flexibility index (Phi) is 5.95. The molecule has 0 unspecified atom stereocenters. The Morgan fingerprint density at radius 2 is 2.23 bits per heavy atom. The molecule has 0 radical (unpaired) electrons. The molecule has 12 heteroatoms. The van der Waals surface area contributed by atoms with Crippen LogP contribution in [0.2, 0.25) is 0 Å². The van der Waals surface area contributed by atoms with E-state index in [1.807, 2.05) is 0 Å². The third-order valence-corrected chi connectivity index (χ3v) is 7.27. The van der Waals surface area contributed by atoms with Crippen molar-refractivity contribution in [1.29, 1.82) is 0 Å². The molecule has 0 saturated carbocycles. The van der Waals surface area contributed by atoms with Crippen LogP contribution in [0.1, 0.15) is 29.3 Å². The summed E-state index contributed by atoms with van der Waals surface area (Å²) < 4.78 is 30.9. The van der Waals surface area contributed by atoms with Gasteiger partial charge in [-0.25, -0.2) is 27.7 Å². The number of pyridine rings is 1. The van der Waals surface area contributed by atoms with Gasteiger partial charge in [0.05, 0.1) is 6.20 Å². The zero-order valence-electron chi connectivity index (χ0n) is 16.5. The van der Waals surface area contributed by atoms with Gasteiger partial charge in [0.1, 0.15) is 40.2 Å².